The molecular formula is C23H27N3O4S. The molecule has 1 heterocycles. The molecule has 1 unspecified atom stereocenters. The monoisotopic (exact) mass is 441 g/mol. The van der Waals surface area contributed by atoms with Gasteiger partial charge in [-0.3, -0.25) is 9.59 Å². The van der Waals surface area contributed by atoms with E-state index in [2.05, 4.69) is 17.2 Å². The van der Waals surface area contributed by atoms with Gasteiger partial charge < -0.3 is 10.6 Å². The van der Waals surface area contributed by atoms with Crippen LogP contribution < -0.4 is 10.6 Å². The molecular weight excluding hydrogens is 414 g/mol. The zero-order chi connectivity index (χ0) is 22.3. The summed E-state index contributed by atoms with van der Waals surface area (Å²) in [5.41, 5.74) is 1.37. The Labute approximate surface area is 183 Å². The summed E-state index contributed by atoms with van der Waals surface area (Å²) in [6, 6.07) is 15.2. The van der Waals surface area contributed by atoms with Crippen LogP contribution in [0, 0.1) is 0 Å². The average Bonchev–Trinajstić information content (AvgIpc) is 3.04. The first-order chi connectivity index (χ1) is 14.9. The van der Waals surface area contributed by atoms with Crippen LogP contribution in [0.1, 0.15) is 35.2 Å². The second kappa shape index (κ2) is 10.4. The fraction of sp³-hybridized carbons (Fsp3) is 0.304. The zero-order valence-corrected chi connectivity index (χ0v) is 18.1. The first-order valence-corrected chi connectivity index (χ1v) is 11.7. The molecule has 1 saturated heterocycles. The molecule has 2 aromatic carbocycles. The molecule has 1 atom stereocenters. The van der Waals surface area contributed by atoms with Crippen LogP contribution in [0.4, 0.5) is 0 Å². The van der Waals surface area contributed by atoms with Crippen molar-refractivity contribution in [1.82, 2.24) is 14.9 Å². The van der Waals surface area contributed by atoms with Crippen LogP contribution in [-0.2, 0) is 21.4 Å². The number of nitrogens with zero attached hydrogens (tertiary/aromatic N) is 1. The lowest BCUT2D eigenvalue weighted by Crippen LogP contribution is -2.44. The van der Waals surface area contributed by atoms with E-state index in [1.165, 1.54) is 34.6 Å². The third-order valence-corrected chi connectivity index (χ3v) is 7.10. The Balaban J connectivity index is 1.67. The van der Waals surface area contributed by atoms with Crippen molar-refractivity contribution in [2.24, 2.45) is 0 Å². The first kappa shape index (κ1) is 22.7. The van der Waals surface area contributed by atoms with Gasteiger partial charge in [-0.1, -0.05) is 43.3 Å². The second-order valence-electron chi connectivity index (χ2n) is 7.46. The van der Waals surface area contributed by atoms with E-state index in [1.807, 2.05) is 30.3 Å². The van der Waals surface area contributed by atoms with Gasteiger partial charge in [0.1, 0.15) is 0 Å². The van der Waals surface area contributed by atoms with Crippen molar-refractivity contribution < 1.29 is 18.0 Å². The van der Waals surface area contributed by atoms with Gasteiger partial charge >= 0.3 is 0 Å². The molecule has 0 saturated carbocycles. The van der Waals surface area contributed by atoms with Crippen molar-refractivity contribution in [2.45, 2.75) is 36.7 Å². The van der Waals surface area contributed by atoms with Gasteiger partial charge in [0.05, 0.1) is 4.90 Å². The van der Waals surface area contributed by atoms with Crippen LogP contribution >= 0.6 is 0 Å². The van der Waals surface area contributed by atoms with Gasteiger partial charge in [0.2, 0.25) is 15.9 Å². The molecule has 0 aliphatic carbocycles. The Morgan fingerprint density at radius 2 is 1.77 bits per heavy atom. The molecule has 0 spiro atoms. The number of hydrogen-bond donors (Lipinski definition) is 2. The number of nitrogens with one attached hydrogen (secondary N) is 2. The predicted molar refractivity (Wildman–Crippen MR) is 119 cm³/mol. The Morgan fingerprint density at radius 1 is 1.06 bits per heavy atom. The minimum absolute atomic E-state index is 0.128. The van der Waals surface area contributed by atoms with Crippen molar-refractivity contribution in [1.29, 1.82) is 0 Å². The highest BCUT2D eigenvalue weighted by Crippen LogP contribution is 2.21. The lowest BCUT2D eigenvalue weighted by Gasteiger charge is -2.24. The van der Waals surface area contributed by atoms with E-state index >= 15 is 0 Å². The van der Waals surface area contributed by atoms with Crippen LogP contribution in [0.25, 0.3) is 0 Å². The average molecular weight is 442 g/mol. The third kappa shape index (κ3) is 6.02. The molecule has 1 aliphatic heterocycles. The maximum absolute atomic E-state index is 13.1. The lowest BCUT2D eigenvalue weighted by molar-refractivity contribution is -0.117. The standard InChI is InChI=1S/C23H27N3O4S/c1-2-22(27)25-20-10-6-7-15-26(17-20)31(29,30)21-13-11-19(12-14-21)23(28)24-16-18-8-4-3-5-9-18/h2-5,8-9,11-14,20H,1,6-7,10,15-17H2,(H,24,28)(H,25,27). The Kier molecular flexibility index (Phi) is 7.59. The second-order valence-corrected chi connectivity index (χ2v) is 9.40. The molecule has 0 aromatic heterocycles. The van der Waals surface area contributed by atoms with Crippen molar-refractivity contribution in [2.75, 3.05) is 13.1 Å². The molecule has 1 aliphatic rings. The number of amides is 2. The number of carbonyl (C=O) groups excluding carboxylic acids is 2. The molecule has 3 rings (SSSR count). The number of benzene rings is 2. The Morgan fingerprint density at radius 3 is 2.45 bits per heavy atom. The van der Waals surface area contributed by atoms with Crippen LogP contribution in [-0.4, -0.2) is 43.7 Å². The minimum Gasteiger partial charge on any atom is -0.349 e. The van der Waals surface area contributed by atoms with E-state index in [0.717, 1.165) is 18.4 Å². The summed E-state index contributed by atoms with van der Waals surface area (Å²) in [6.45, 7) is 4.44. The Hall–Kier alpha value is -2.97. The number of hydrogen-bond acceptors (Lipinski definition) is 4. The van der Waals surface area contributed by atoms with Gasteiger partial charge in [-0.15, -0.1) is 0 Å². The molecule has 2 aromatic rings. The van der Waals surface area contributed by atoms with E-state index in [1.54, 1.807) is 0 Å². The fourth-order valence-electron chi connectivity index (χ4n) is 3.51. The number of carbonyl (C=O) groups is 2. The van der Waals surface area contributed by atoms with E-state index in [-0.39, 0.29) is 29.3 Å². The van der Waals surface area contributed by atoms with E-state index < -0.39 is 10.0 Å². The first-order valence-electron chi connectivity index (χ1n) is 10.3. The Bertz CT molecular complexity index is 1020. The van der Waals surface area contributed by atoms with Crippen LogP contribution in [0.15, 0.2) is 72.1 Å². The number of rotatable bonds is 7. The quantitative estimate of drug-likeness (QED) is 0.645. The largest absolute Gasteiger partial charge is 0.349 e. The van der Waals surface area contributed by atoms with Gasteiger partial charge in [-0.05, 0) is 48.7 Å². The normalized spacial score (nSPS) is 17.4. The molecule has 164 valence electrons. The highest BCUT2D eigenvalue weighted by molar-refractivity contribution is 7.89. The van der Waals surface area contributed by atoms with Crippen molar-refractivity contribution in [3.63, 3.8) is 0 Å². The highest BCUT2D eigenvalue weighted by atomic mass is 32.2. The summed E-state index contributed by atoms with van der Waals surface area (Å²) in [5.74, 6) is -0.579. The molecule has 31 heavy (non-hydrogen) atoms. The summed E-state index contributed by atoms with van der Waals surface area (Å²) >= 11 is 0. The van der Waals surface area contributed by atoms with Gasteiger partial charge in [0, 0.05) is 31.2 Å². The smallest absolute Gasteiger partial charge is 0.251 e. The van der Waals surface area contributed by atoms with E-state index in [9.17, 15) is 18.0 Å². The zero-order valence-electron chi connectivity index (χ0n) is 17.3. The van der Waals surface area contributed by atoms with Gasteiger partial charge in [0.25, 0.3) is 5.91 Å². The summed E-state index contributed by atoms with van der Waals surface area (Å²) in [4.78, 5) is 24.1. The summed E-state index contributed by atoms with van der Waals surface area (Å²) < 4.78 is 27.7. The molecule has 2 N–H and O–H groups in total. The maximum Gasteiger partial charge on any atom is 0.251 e. The molecule has 2 amide bonds. The van der Waals surface area contributed by atoms with E-state index in [0.29, 0.717) is 25.1 Å². The lowest BCUT2D eigenvalue weighted by atomic mass is 10.1. The van der Waals surface area contributed by atoms with Crippen LogP contribution in [0.5, 0.6) is 0 Å². The molecule has 0 radical (unpaired) electrons. The van der Waals surface area contributed by atoms with Crippen LogP contribution in [0.2, 0.25) is 0 Å². The molecule has 1 fully saturated rings. The van der Waals surface area contributed by atoms with Gasteiger partial charge in [0.15, 0.2) is 0 Å². The van der Waals surface area contributed by atoms with Crippen molar-refractivity contribution >= 4 is 21.8 Å². The predicted octanol–water partition coefficient (Wildman–Crippen LogP) is 2.46. The summed E-state index contributed by atoms with van der Waals surface area (Å²) in [5, 5.41) is 5.63. The fourth-order valence-corrected chi connectivity index (χ4v) is 5.03. The molecule has 7 nitrogen and oxygen atoms in total. The van der Waals surface area contributed by atoms with E-state index in [4.69, 9.17) is 0 Å². The maximum atomic E-state index is 13.1. The van der Waals surface area contributed by atoms with Crippen molar-refractivity contribution in [3.05, 3.63) is 78.4 Å². The van der Waals surface area contributed by atoms with Gasteiger partial charge in [-0.25, -0.2) is 8.42 Å². The van der Waals surface area contributed by atoms with Crippen LogP contribution in [0.3, 0.4) is 0 Å². The van der Waals surface area contributed by atoms with Crippen molar-refractivity contribution in [3.8, 4) is 0 Å². The SMILES string of the molecule is C=CC(=O)NC1CCCCN(S(=O)(=O)c2ccc(C(=O)NCc3ccccc3)cc2)C1. The highest BCUT2D eigenvalue weighted by Gasteiger charge is 2.29. The topological polar surface area (TPSA) is 95.6 Å². The minimum atomic E-state index is -3.73. The molecule has 0 bridgehead atoms. The molecule has 8 heteroatoms. The third-order valence-electron chi connectivity index (χ3n) is 5.22. The number of sulfonamides is 1. The van der Waals surface area contributed by atoms with Gasteiger partial charge in [-0.2, -0.15) is 4.31 Å². The summed E-state index contributed by atoms with van der Waals surface area (Å²) in [6.07, 6.45) is 3.45. The summed E-state index contributed by atoms with van der Waals surface area (Å²) in [7, 11) is -3.73.